The molecule has 1 aliphatic heterocycles. The molecule has 2 heterocycles. The van der Waals surface area contributed by atoms with Gasteiger partial charge in [-0.25, -0.2) is 0 Å². The molecule has 1 saturated heterocycles. The van der Waals surface area contributed by atoms with E-state index in [1.807, 2.05) is 6.07 Å². The highest BCUT2D eigenvalue weighted by Crippen LogP contribution is 2.16. The summed E-state index contributed by atoms with van der Waals surface area (Å²) in [6.07, 6.45) is 3.34. The second-order valence-electron chi connectivity index (χ2n) is 4.16. The summed E-state index contributed by atoms with van der Waals surface area (Å²) in [6, 6.07) is 3.57. The summed E-state index contributed by atoms with van der Waals surface area (Å²) in [5.41, 5.74) is 0. The molecular formula is C12H17NO3. The van der Waals surface area contributed by atoms with Crippen LogP contribution in [0.2, 0.25) is 0 Å². The molecule has 0 N–H and O–H groups in total. The Morgan fingerprint density at radius 3 is 3.19 bits per heavy atom. The van der Waals surface area contributed by atoms with Gasteiger partial charge in [-0.3, -0.25) is 9.69 Å². The Morgan fingerprint density at radius 1 is 1.62 bits per heavy atom. The normalized spacial score (nSPS) is 22.2. The van der Waals surface area contributed by atoms with E-state index >= 15 is 0 Å². The Morgan fingerprint density at radius 2 is 2.50 bits per heavy atom. The lowest BCUT2D eigenvalue weighted by Gasteiger charge is -2.31. The van der Waals surface area contributed by atoms with Gasteiger partial charge in [-0.2, -0.15) is 0 Å². The number of ether oxygens (including phenoxy) is 1. The predicted molar refractivity (Wildman–Crippen MR) is 59.4 cm³/mol. The van der Waals surface area contributed by atoms with Crippen molar-refractivity contribution in [1.82, 2.24) is 4.90 Å². The smallest absolute Gasteiger partial charge is 0.185 e. The van der Waals surface area contributed by atoms with Gasteiger partial charge in [-0.05, 0) is 31.5 Å². The first-order valence-electron chi connectivity index (χ1n) is 5.61. The van der Waals surface area contributed by atoms with Crippen LogP contribution in [0.15, 0.2) is 16.5 Å². The first-order chi connectivity index (χ1) is 7.81. The first-order valence-corrected chi connectivity index (χ1v) is 5.61. The fourth-order valence-corrected chi connectivity index (χ4v) is 2.11. The zero-order valence-corrected chi connectivity index (χ0v) is 9.52. The molecule has 0 spiro atoms. The molecule has 1 aromatic heterocycles. The lowest BCUT2D eigenvalue weighted by Crippen LogP contribution is -2.38. The number of carbonyl (C=O) groups excluding carboxylic acids is 1. The van der Waals surface area contributed by atoms with Crippen molar-refractivity contribution in [1.29, 1.82) is 0 Å². The molecule has 0 aromatic carbocycles. The number of hydrogen-bond donors (Lipinski definition) is 0. The van der Waals surface area contributed by atoms with Gasteiger partial charge in [0, 0.05) is 13.7 Å². The Balaban J connectivity index is 1.91. The van der Waals surface area contributed by atoms with E-state index < -0.39 is 0 Å². The summed E-state index contributed by atoms with van der Waals surface area (Å²) >= 11 is 0. The van der Waals surface area contributed by atoms with E-state index in [1.165, 1.54) is 0 Å². The molecule has 4 nitrogen and oxygen atoms in total. The third-order valence-electron chi connectivity index (χ3n) is 2.97. The van der Waals surface area contributed by atoms with E-state index in [0.717, 1.165) is 44.5 Å². The van der Waals surface area contributed by atoms with Gasteiger partial charge in [-0.1, -0.05) is 0 Å². The minimum atomic E-state index is 0.328. The maximum atomic E-state index is 10.5. The van der Waals surface area contributed by atoms with Crippen LogP contribution in [0, 0.1) is 0 Å². The monoisotopic (exact) mass is 223 g/mol. The van der Waals surface area contributed by atoms with E-state index in [9.17, 15) is 4.79 Å². The van der Waals surface area contributed by atoms with Crippen molar-refractivity contribution < 1.29 is 13.9 Å². The highest BCUT2D eigenvalue weighted by atomic mass is 16.5. The van der Waals surface area contributed by atoms with Gasteiger partial charge in [0.15, 0.2) is 12.0 Å². The van der Waals surface area contributed by atoms with Gasteiger partial charge in [0.25, 0.3) is 0 Å². The Labute approximate surface area is 95.2 Å². The van der Waals surface area contributed by atoms with Crippen LogP contribution in [0.4, 0.5) is 0 Å². The Kier molecular flexibility index (Phi) is 3.74. The fraction of sp³-hybridized carbons (Fsp3) is 0.583. The summed E-state index contributed by atoms with van der Waals surface area (Å²) in [5.74, 6) is 1.24. The van der Waals surface area contributed by atoms with Crippen molar-refractivity contribution >= 4 is 6.29 Å². The highest BCUT2D eigenvalue weighted by Gasteiger charge is 2.20. The number of nitrogens with zero attached hydrogens (tertiary/aromatic N) is 1. The highest BCUT2D eigenvalue weighted by molar-refractivity contribution is 5.70. The molecule has 0 amide bonds. The fourth-order valence-electron chi connectivity index (χ4n) is 2.11. The zero-order valence-electron chi connectivity index (χ0n) is 9.52. The van der Waals surface area contributed by atoms with Crippen molar-refractivity contribution in [2.24, 2.45) is 0 Å². The van der Waals surface area contributed by atoms with Crippen molar-refractivity contribution in [3.63, 3.8) is 0 Å². The second kappa shape index (κ2) is 5.27. The molecule has 0 aliphatic carbocycles. The molecule has 88 valence electrons. The number of aldehydes is 1. The van der Waals surface area contributed by atoms with Crippen molar-refractivity contribution in [2.75, 3.05) is 20.2 Å². The van der Waals surface area contributed by atoms with E-state index in [4.69, 9.17) is 9.15 Å². The molecule has 0 saturated carbocycles. The van der Waals surface area contributed by atoms with Crippen LogP contribution in [0.3, 0.4) is 0 Å². The number of hydrogen-bond acceptors (Lipinski definition) is 4. The second-order valence-corrected chi connectivity index (χ2v) is 4.16. The van der Waals surface area contributed by atoms with E-state index in [0.29, 0.717) is 11.9 Å². The molecule has 1 aliphatic rings. The molecule has 2 rings (SSSR count). The van der Waals surface area contributed by atoms with E-state index in [-0.39, 0.29) is 0 Å². The van der Waals surface area contributed by atoms with Gasteiger partial charge in [0.1, 0.15) is 5.76 Å². The molecule has 1 aromatic rings. The summed E-state index contributed by atoms with van der Waals surface area (Å²) < 4.78 is 10.7. The zero-order chi connectivity index (χ0) is 11.4. The average Bonchev–Trinajstić information content (AvgIpc) is 2.77. The molecule has 16 heavy (non-hydrogen) atoms. The molecular weight excluding hydrogens is 206 g/mol. The summed E-state index contributed by atoms with van der Waals surface area (Å²) in [4.78, 5) is 12.8. The van der Waals surface area contributed by atoms with Crippen LogP contribution >= 0.6 is 0 Å². The van der Waals surface area contributed by atoms with Crippen molar-refractivity contribution in [2.45, 2.75) is 25.5 Å². The molecule has 4 heteroatoms. The number of carbonyl (C=O) groups is 1. The van der Waals surface area contributed by atoms with Gasteiger partial charge in [0.05, 0.1) is 12.6 Å². The predicted octanol–water partition coefficient (Wildman–Crippen LogP) is 1.70. The minimum absolute atomic E-state index is 0.328. The number of likely N-dealkylation sites (tertiary alicyclic amines) is 1. The minimum Gasteiger partial charge on any atom is -0.457 e. The largest absolute Gasteiger partial charge is 0.457 e. The van der Waals surface area contributed by atoms with Gasteiger partial charge >= 0.3 is 0 Å². The van der Waals surface area contributed by atoms with Gasteiger partial charge < -0.3 is 9.15 Å². The number of piperidine rings is 1. The van der Waals surface area contributed by atoms with Crippen LogP contribution in [0.25, 0.3) is 0 Å². The molecule has 0 bridgehead atoms. The van der Waals surface area contributed by atoms with E-state index in [2.05, 4.69) is 4.90 Å². The summed E-state index contributed by atoms with van der Waals surface area (Å²) in [6.45, 7) is 2.76. The summed E-state index contributed by atoms with van der Waals surface area (Å²) in [7, 11) is 1.76. The average molecular weight is 223 g/mol. The topological polar surface area (TPSA) is 42.7 Å². The van der Waals surface area contributed by atoms with Crippen LogP contribution in [0.5, 0.6) is 0 Å². The van der Waals surface area contributed by atoms with Crippen molar-refractivity contribution in [3.05, 3.63) is 23.7 Å². The van der Waals surface area contributed by atoms with Crippen LogP contribution in [0.1, 0.15) is 29.2 Å². The summed E-state index contributed by atoms with van der Waals surface area (Å²) in [5, 5.41) is 0. The quantitative estimate of drug-likeness (QED) is 0.729. The first kappa shape index (κ1) is 11.4. The van der Waals surface area contributed by atoms with Gasteiger partial charge in [-0.15, -0.1) is 0 Å². The van der Waals surface area contributed by atoms with Crippen LogP contribution in [-0.4, -0.2) is 37.5 Å². The van der Waals surface area contributed by atoms with E-state index in [1.54, 1.807) is 13.2 Å². The SMILES string of the molecule is COC1CCCN(Cc2ccc(C=O)o2)C1. The maximum Gasteiger partial charge on any atom is 0.185 e. The van der Waals surface area contributed by atoms with Crippen molar-refractivity contribution in [3.8, 4) is 0 Å². The Hall–Kier alpha value is -1.13. The lowest BCUT2D eigenvalue weighted by atomic mass is 10.1. The third-order valence-corrected chi connectivity index (χ3v) is 2.97. The third kappa shape index (κ3) is 2.71. The standard InChI is InChI=1S/C12H17NO3/c1-15-10-3-2-6-13(7-10)8-11-4-5-12(9-14)16-11/h4-5,9-10H,2-3,6-8H2,1H3. The Bertz CT molecular complexity index is 348. The molecule has 1 atom stereocenters. The number of rotatable bonds is 4. The molecule has 1 fully saturated rings. The molecule has 1 unspecified atom stereocenters. The van der Waals surface area contributed by atoms with Gasteiger partial charge in [0.2, 0.25) is 0 Å². The number of furan rings is 1. The van der Waals surface area contributed by atoms with Crippen LogP contribution in [-0.2, 0) is 11.3 Å². The maximum absolute atomic E-state index is 10.5. The van der Waals surface area contributed by atoms with Crippen LogP contribution < -0.4 is 0 Å². The lowest BCUT2D eigenvalue weighted by molar-refractivity contribution is 0.0262. The number of methoxy groups -OCH3 is 1. The molecule has 0 radical (unpaired) electrons.